The maximum Gasteiger partial charge on any atom is 0.170 e. The quantitative estimate of drug-likeness (QED) is 0.674. The van der Waals surface area contributed by atoms with Gasteiger partial charge in [-0.25, -0.2) is 0 Å². The number of hydrogen-bond donors (Lipinski definition) is 0. The van der Waals surface area contributed by atoms with Gasteiger partial charge in [-0.2, -0.15) is 0 Å². The summed E-state index contributed by atoms with van der Waals surface area (Å²) in [7, 11) is 0. The zero-order valence-corrected chi connectivity index (χ0v) is 10.4. The van der Waals surface area contributed by atoms with Crippen LogP contribution >= 0.6 is 11.3 Å². The minimum Gasteiger partial charge on any atom is -0.294 e. The van der Waals surface area contributed by atoms with Crippen LogP contribution in [0.15, 0.2) is 48.2 Å². The van der Waals surface area contributed by atoms with E-state index in [2.05, 4.69) is 9.97 Å². The number of thiophene rings is 1. The van der Waals surface area contributed by atoms with Crippen LogP contribution in [0.25, 0.3) is 10.1 Å². The maximum absolute atomic E-state index is 12.2. The number of rotatable bonds is 3. The molecule has 0 aliphatic rings. The van der Waals surface area contributed by atoms with Gasteiger partial charge in [-0.05, 0) is 6.07 Å². The van der Waals surface area contributed by atoms with Crippen LogP contribution in [0.3, 0.4) is 0 Å². The summed E-state index contributed by atoms with van der Waals surface area (Å²) >= 11 is 1.60. The third kappa shape index (κ3) is 2.02. The van der Waals surface area contributed by atoms with Crippen molar-refractivity contribution >= 4 is 27.2 Å². The van der Waals surface area contributed by atoms with Gasteiger partial charge in [0.15, 0.2) is 5.78 Å². The summed E-state index contributed by atoms with van der Waals surface area (Å²) < 4.78 is 1.14. The van der Waals surface area contributed by atoms with E-state index in [1.54, 1.807) is 29.9 Å². The van der Waals surface area contributed by atoms with Crippen molar-refractivity contribution in [2.75, 3.05) is 0 Å². The minimum atomic E-state index is 0.0907. The summed E-state index contributed by atoms with van der Waals surface area (Å²) in [5, 5.41) is 2.94. The summed E-state index contributed by atoms with van der Waals surface area (Å²) in [5.74, 6) is 0.0907. The first-order valence-electron chi connectivity index (χ1n) is 5.59. The molecule has 0 radical (unpaired) electrons. The molecule has 0 N–H and O–H groups in total. The molecule has 0 amide bonds. The molecule has 2 heterocycles. The van der Waals surface area contributed by atoms with Crippen LogP contribution in [-0.2, 0) is 6.42 Å². The number of aromatic nitrogens is 2. The average molecular weight is 254 g/mol. The number of Topliss-reactive ketones (excluding diaryl/α,β-unsaturated/α-hetero) is 1. The standard InChI is InChI=1S/C14H10N2OS/c17-13(7-10-8-15-5-6-16-10)12-9-18-14-4-2-1-3-11(12)14/h1-6,8-9H,7H2. The van der Waals surface area contributed by atoms with Gasteiger partial charge in [0.1, 0.15) is 0 Å². The van der Waals surface area contributed by atoms with Crippen molar-refractivity contribution in [2.45, 2.75) is 6.42 Å². The molecule has 3 rings (SSSR count). The van der Waals surface area contributed by atoms with E-state index in [1.165, 1.54) is 0 Å². The Morgan fingerprint density at radius 1 is 1.22 bits per heavy atom. The summed E-state index contributed by atoms with van der Waals surface area (Å²) in [4.78, 5) is 20.3. The third-order valence-corrected chi connectivity index (χ3v) is 3.70. The van der Waals surface area contributed by atoms with Crippen molar-refractivity contribution < 1.29 is 4.79 Å². The summed E-state index contributed by atoms with van der Waals surface area (Å²) in [6.45, 7) is 0. The molecule has 88 valence electrons. The van der Waals surface area contributed by atoms with Gasteiger partial charge in [0.25, 0.3) is 0 Å². The molecule has 2 aromatic heterocycles. The fourth-order valence-electron chi connectivity index (χ4n) is 1.87. The molecule has 0 saturated heterocycles. The largest absolute Gasteiger partial charge is 0.294 e. The first kappa shape index (κ1) is 11.0. The van der Waals surface area contributed by atoms with Crippen molar-refractivity contribution in [1.82, 2.24) is 9.97 Å². The van der Waals surface area contributed by atoms with E-state index in [0.717, 1.165) is 15.6 Å². The van der Waals surface area contributed by atoms with Crippen molar-refractivity contribution in [2.24, 2.45) is 0 Å². The number of carbonyl (C=O) groups is 1. The highest BCUT2D eigenvalue weighted by atomic mass is 32.1. The van der Waals surface area contributed by atoms with Crippen LogP contribution in [0, 0.1) is 0 Å². The molecule has 4 heteroatoms. The smallest absolute Gasteiger partial charge is 0.170 e. The first-order chi connectivity index (χ1) is 8.84. The highest BCUT2D eigenvalue weighted by Crippen LogP contribution is 2.26. The minimum absolute atomic E-state index is 0.0907. The van der Waals surface area contributed by atoms with Crippen molar-refractivity contribution in [3.05, 3.63) is 59.5 Å². The molecule has 0 fully saturated rings. The fourth-order valence-corrected chi connectivity index (χ4v) is 2.84. The van der Waals surface area contributed by atoms with E-state index in [0.29, 0.717) is 12.1 Å². The summed E-state index contributed by atoms with van der Waals surface area (Å²) in [5.41, 5.74) is 1.49. The molecule has 0 atom stereocenters. The Balaban J connectivity index is 1.93. The summed E-state index contributed by atoms with van der Waals surface area (Å²) in [6, 6.07) is 7.94. The molecule has 0 bridgehead atoms. The predicted molar refractivity (Wildman–Crippen MR) is 71.9 cm³/mol. The zero-order chi connectivity index (χ0) is 12.4. The number of hydrogen-bond acceptors (Lipinski definition) is 4. The van der Waals surface area contributed by atoms with Gasteiger partial charge >= 0.3 is 0 Å². The lowest BCUT2D eigenvalue weighted by Crippen LogP contribution is -2.04. The number of nitrogens with zero attached hydrogens (tertiary/aromatic N) is 2. The summed E-state index contributed by atoms with van der Waals surface area (Å²) in [6.07, 6.45) is 5.14. The molecule has 0 unspecified atom stereocenters. The molecule has 3 aromatic rings. The lowest BCUT2D eigenvalue weighted by molar-refractivity contribution is 0.0994. The Hall–Kier alpha value is -2.07. The van der Waals surface area contributed by atoms with E-state index >= 15 is 0 Å². The molecular formula is C14H10N2OS. The molecule has 0 saturated carbocycles. The lowest BCUT2D eigenvalue weighted by Gasteiger charge is -1.99. The van der Waals surface area contributed by atoms with Gasteiger partial charge in [-0.1, -0.05) is 18.2 Å². The second-order valence-corrected chi connectivity index (χ2v) is 4.85. The monoisotopic (exact) mass is 254 g/mol. The Morgan fingerprint density at radius 2 is 2.11 bits per heavy atom. The molecule has 18 heavy (non-hydrogen) atoms. The van der Waals surface area contributed by atoms with E-state index < -0.39 is 0 Å². The van der Waals surface area contributed by atoms with E-state index in [4.69, 9.17) is 0 Å². The van der Waals surface area contributed by atoms with Crippen LogP contribution in [0.2, 0.25) is 0 Å². The highest BCUT2D eigenvalue weighted by Gasteiger charge is 2.12. The van der Waals surface area contributed by atoms with E-state index in [9.17, 15) is 4.79 Å². The molecule has 0 aliphatic heterocycles. The van der Waals surface area contributed by atoms with Crippen molar-refractivity contribution in [3.8, 4) is 0 Å². The molecule has 0 aliphatic carbocycles. The molecule has 3 nitrogen and oxygen atoms in total. The zero-order valence-electron chi connectivity index (χ0n) is 9.54. The van der Waals surface area contributed by atoms with Crippen LogP contribution < -0.4 is 0 Å². The second-order valence-electron chi connectivity index (χ2n) is 3.94. The Morgan fingerprint density at radius 3 is 2.94 bits per heavy atom. The second kappa shape index (κ2) is 4.66. The predicted octanol–water partition coefficient (Wildman–Crippen LogP) is 3.12. The number of fused-ring (bicyclic) bond motifs is 1. The van der Waals surface area contributed by atoms with Gasteiger partial charge in [-0.3, -0.25) is 14.8 Å². The van der Waals surface area contributed by atoms with Gasteiger partial charge in [-0.15, -0.1) is 11.3 Å². The fraction of sp³-hybridized carbons (Fsp3) is 0.0714. The van der Waals surface area contributed by atoms with Crippen molar-refractivity contribution in [1.29, 1.82) is 0 Å². The topological polar surface area (TPSA) is 42.9 Å². The number of benzene rings is 1. The Bertz CT molecular complexity index is 691. The van der Waals surface area contributed by atoms with Gasteiger partial charge in [0.2, 0.25) is 0 Å². The van der Waals surface area contributed by atoms with Crippen molar-refractivity contribution in [3.63, 3.8) is 0 Å². The van der Waals surface area contributed by atoms with E-state index in [-0.39, 0.29) is 5.78 Å². The lowest BCUT2D eigenvalue weighted by atomic mass is 10.1. The SMILES string of the molecule is O=C(Cc1cnccn1)c1csc2ccccc12. The number of carbonyl (C=O) groups excluding carboxylic acids is 1. The first-order valence-corrected chi connectivity index (χ1v) is 6.47. The van der Waals surface area contributed by atoms with Gasteiger partial charge in [0.05, 0.1) is 12.1 Å². The van der Waals surface area contributed by atoms with Crippen LogP contribution in [0.1, 0.15) is 16.1 Å². The molecule has 0 spiro atoms. The number of ketones is 1. The van der Waals surface area contributed by atoms with Crippen LogP contribution in [0.4, 0.5) is 0 Å². The average Bonchev–Trinajstić information content (AvgIpc) is 2.84. The molecular weight excluding hydrogens is 244 g/mol. The van der Waals surface area contributed by atoms with Crippen LogP contribution in [0.5, 0.6) is 0 Å². The Kier molecular flexibility index (Phi) is 2.86. The van der Waals surface area contributed by atoms with Crippen LogP contribution in [-0.4, -0.2) is 15.8 Å². The van der Waals surface area contributed by atoms with E-state index in [1.807, 2.05) is 29.6 Å². The van der Waals surface area contributed by atoms with Gasteiger partial charge in [0, 0.05) is 39.6 Å². The third-order valence-electron chi connectivity index (χ3n) is 2.74. The maximum atomic E-state index is 12.2. The normalized spacial score (nSPS) is 10.7. The molecule has 1 aromatic carbocycles. The Labute approximate surface area is 108 Å². The highest BCUT2D eigenvalue weighted by molar-refractivity contribution is 7.17. The van der Waals surface area contributed by atoms with Gasteiger partial charge < -0.3 is 0 Å².